The van der Waals surface area contributed by atoms with Gasteiger partial charge in [0.15, 0.2) is 0 Å². The van der Waals surface area contributed by atoms with Crippen molar-refractivity contribution in [2.24, 2.45) is 11.8 Å². The van der Waals surface area contributed by atoms with Crippen LogP contribution in [0.15, 0.2) is 28.7 Å². The van der Waals surface area contributed by atoms with Gasteiger partial charge in [-0.05, 0) is 49.4 Å². The standard InChI is InChI=1S/C16H24BrNO2/c17-15-6-3-7-16(10-15)20-9-8-18-11-13-4-1-2-5-14(13)12-19/h3,6-7,10,13-14,18-19H,1-2,4-5,8-9,11-12H2. The minimum absolute atomic E-state index is 0.334. The number of hydrogen-bond acceptors (Lipinski definition) is 3. The van der Waals surface area contributed by atoms with Crippen LogP contribution in [0.2, 0.25) is 0 Å². The van der Waals surface area contributed by atoms with Gasteiger partial charge in [-0.25, -0.2) is 0 Å². The van der Waals surface area contributed by atoms with E-state index in [1.54, 1.807) is 0 Å². The average Bonchev–Trinajstić information content (AvgIpc) is 2.47. The summed E-state index contributed by atoms with van der Waals surface area (Å²) in [7, 11) is 0. The third-order valence-corrected chi connectivity index (χ3v) is 4.54. The van der Waals surface area contributed by atoms with Gasteiger partial charge in [0.25, 0.3) is 0 Å². The fourth-order valence-corrected chi connectivity index (χ4v) is 3.26. The predicted molar refractivity (Wildman–Crippen MR) is 85.0 cm³/mol. The molecule has 4 heteroatoms. The third-order valence-electron chi connectivity index (χ3n) is 4.05. The van der Waals surface area contributed by atoms with Gasteiger partial charge in [0.05, 0.1) is 0 Å². The highest BCUT2D eigenvalue weighted by atomic mass is 79.9. The van der Waals surface area contributed by atoms with Gasteiger partial charge in [0.1, 0.15) is 12.4 Å². The normalized spacial score (nSPS) is 22.7. The van der Waals surface area contributed by atoms with E-state index in [-0.39, 0.29) is 0 Å². The van der Waals surface area contributed by atoms with Crippen LogP contribution in [0.4, 0.5) is 0 Å². The molecule has 0 radical (unpaired) electrons. The Morgan fingerprint density at radius 3 is 2.80 bits per heavy atom. The highest BCUT2D eigenvalue weighted by molar-refractivity contribution is 9.10. The lowest BCUT2D eigenvalue weighted by atomic mass is 9.80. The number of benzene rings is 1. The summed E-state index contributed by atoms with van der Waals surface area (Å²) in [5.41, 5.74) is 0. The molecule has 2 atom stereocenters. The van der Waals surface area contributed by atoms with Crippen molar-refractivity contribution in [3.8, 4) is 5.75 Å². The number of ether oxygens (including phenoxy) is 1. The zero-order valence-corrected chi connectivity index (χ0v) is 13.4. The highest BCUT2D eigenvalue weighted by Crippen LogP contribution is 2.28. The Morgan fingerprint density at radius 2 is 2.05 bits per heavy atom. The van der Waals surface area contributed by atoms with E-state index in [0.717, 1.165) is 23.3 Å². The van der Waals surface area contributed by atoms with Crippen LogP contribution in [-0.4, -0.2) is 31.4 Å². The van der Waals surface area contributed by atoms with Crippen LogP contribution >= 0.6 is 15.9 Å². The van der Waals surface area contributed by atoms with Gasteiger partial charge >= 0.3 is 0 Å². The lowest BCUT2D eigenvalue weighted by molar-refractivity contribution is 0.132. The Hall–Kier alpha value is -0.580. The fraction of sp³-hybridized carbons (Fsp3) is 0.625. The Balaban J connectivity index is 1.61. The van der Waals surface area contributed by atoms with Gasteiger partial charge in [-0.15, -0.1) is 0 Å². The molecule has 0 aliphatic heterocycles. The van der Waals surface area contributed by atoms with Crippen molar-refractivity contribution in [2.45, 2.75) is 25.7 Å². The molecule has 1 aromatic carbocycles. The number of aliphatic hydroxyl groups excluding tert-OH is 1. The third kappa shape index (κ3) is 5.08. The molecule has 0 aromatic heterocycles. The van der Waals surface area contributed by atoms with E-state index in [0.29, 0.717) is 25.0 Å². The minimum atomic E-state index is 0.334. The van der Waals surface area contributed by atoms with E-state index in [1.165, 1.54) is 25.7 Å². The number of rotatable bonds is 7. The quantitative estimate of drug-likeness (QED) is 0.748. The summed E-state index contributed by atoms with van der Waals surface area (Å²) in [6.45, 7) is 2.85. The van der Waals surface area contributed by atoms with E-state index in [9.17, 15) is 5.11 Å². The van der Waals surface area contributed by atoms with Crippen molar-refractivity contribution < 1.29 is 9.84 Å². The van der Waals surface area contributed by atoms with Crippen LogP contribution in [0.1, 0.15) is 25.7 Å². The second-order valence-corrected chi connectivity index (χ2v) is 6.41. The van der Waals surface area contributed by atoms with Crippen molar-refractivity contribution in [1.82, 2.24) is 5.32 Å². The van der Waals surface area contributed by atoms with E-state index < -0.39 is 0 Å². The molecule has 0 spiro atoms. The summed E-state index contributed by atoms with van der Waals surface area (Å²) >= 11 is 3.43. The molecule has 2 unspecified atom stereocenters. The molecule has 1 aliphatic rings. The first kappa shape index (κ1) is 15.8. The molecule has 3 nitrogen and oxygen atoms in total. The molecule has 20 heavy (non-hydrogen) atoms. The van der Waals surface area contributed by atoms with Crippen molar-refractivity contribution in [2.75, 3.05) is 26.3 Å². The zero-order chi connectivity index (χ0) is 14.2. The molecule has 0 bridgehead atoms. The number of aliphatic hydroxyl groups is 1. The molecule has 0 saturated heterocycles. The Kier molecular flexibility index (Phi) is 6.83. The first-order valence-corrected chi connectivity index (χ1v) is 8.29. The van der Waals surface area contributed by atoms with Gasteiger partial charge < -0.3 is 15.2 Å². The second-order valence-electron chi connectivity index (χ2n) is 5.50. The lowest BCUT2D eigenvalue weighted by Gasteiger charge is -2.30. The maximum atomic E-state index is 9.38. The van der Waals surface area contributed by atoms with Gasteiger partial charge in [-0.3, -0.25) is 0 Å². The predicted octanol–water partition coefficient (Wildman–Crippen LogP) is 3.22. The monoisotopic (exact) mass is 341 g/mol. The molecule has 112 valence electrons. The smallest absolute Gasteiger partial charge is 0.120 e. The zero-order valence-electron chi connectivity index (χ0n) is 11.9. The summed E-state index contributed by atoms with van der Waals surface area (Å²) in [4.78, 5) is 0. The Labute approximate surface area is 129 Å². The summed E-state index contributed by atoms with van der Waals surface area (Å²) in [5.74, 6) is 2.01. The SMILES string of the molecule is OCC1CCCCC1CNCCOc1cccc(Br)c1. The van der Waals surface area contributed by atoms with E-state index in [4.69, 9.17) is 4.74 Å². The lowest BCUT2D eigenvalue weighted by Crippen LogP contribution is -2.34. The van der Waals surface area contributed by atoms with E-state index in [1.807, 2.05) is 24.3 Å². The summed E-state index contributed by atoms with van der Waals surface area (Å²) in [6, 6.07) is 7.90. The fourth-order valence-electron chi connectivity index (χ4n) is 2.88. The van der Waals surface area contributed by atoms with Crippen LogP contribution in [-0.2, 0) is 0 Å². The molecule has 2 rings (SSSR count). The minimum Gasteiger partial charge on any atom is -0.492 e. The Morgan fingerprint density at radius 1 is 1.25 bits per heavy atom. The van der Waals surface area contributed by atoms with Crippen molar-refractivity contribution in [1.29, 1.82) is 0 Å². The van der Waals surface area contributed by atoms with Crippen molar-refractivity contribution in [3.05, 3.63) is 28.7 Å². The van der Waals surface area contributed by atoms with Crippen molar-refractivity contribution in [3.63, 3.8) is 0 Å². The molecule has 1 saturated carbocycles. The first-order chi connectivity index (χ1) is 9.79. The molecule has 0 heterocycles. The van der Waals surface area contributed by atoms with Crippen LogP contribution in [0.3, 0.4) is 0 Å². The van der Waals surface area contributed by atoms with Gasteiger partial charge in [-0.1, -0.05) is 34.8 Å². The van der Waals surface area contributed by atoms with Crippen LogP contribution < -0.4 is 10.1 Å². The molecule has 1 aromatic rings. The summed E-state index contributed by atoms with van der Waals surface area (Å²) in [6.07, 6.45) is 4.99. The number of nitrogens with one attached hydrogen (secondary N) is 1. The second kappa shape index (κ2) is 8.65. The average molecular weight is 342 g/mol. The van der Waals surface area contributed by atoms with Gasteiger partial charge in [-0.2, -0.15) is 0 Å². The summed E-state index contributed by atoms with van der Waals surface area (Å²) < 4.78 is 6.73. The van der Waals surface area contributed by atoms with E-state index >= 15 is 0 Å². The van der Waals surface area contributed by atoms with Crippen LogP contribution in [0.25, 0.3) is 0 Å². The highest BCUT2D eigenvalue weighted by Gasteiger charge is 2.23. The molecule has 0 amide bonds. The summed E-state index contributed by atoms with van der Waals surface area (Å²) in [5, 5.41) is 12.8. The maximum Gasteiger partial charge on any atom is 0.120 e. The van der Waals surface area contributed by atoms with Crippen LogP contribution in [0, 0.1) is 11.8 Å². The Bertz CT molecular complexity index is 400. The number of hydrogen-bond donors (Lipinski definition) is 2. The molecular weight excluding hydrogens is 318 g/mol. The largest absolute Gasteiger partial charge is 0.492 e. The molecule has 2 N–H and O–H groups in total. The molecule has 1 aliphatic carbocycles. The van der Waals surface area contributed by atoms with Crippen molar-refractivity contribution >= 4 is 15.9 Å². The maximum absolute atomic E-state index is 9.38. The van der Waals surface area contributed by atoms with E-state index in [2.05, 4.69) is 21.2 Å². The van der Waals surface area contributed by atoms with Gasteiger partial charge in [0.2, 0.25) is 0 Å². The van der Waals surface area contributed by atoms with Gasteiger partial charge in [0, 0.05) is 17.6 Å². The molecule has 1 fully saturated rings. The molecular formula is C16H24BrNO2. The first-order valence-electron chi connectivity index (χ1n) is 7.49. The number of halogens is 1. The topological polar surface area (TPSA) is 41.5 Å². The van der Waals surface area contributed by atoms with Crippen LogP contribution in [0.5, 0.6) is 5.75 Å².